The number of nitrogens with zero attached hydrogens (tertiary/aromatic N) is 2. The van der Waals surface area contributed by atoms with Gasteiger partial charge in [-0.3, -0.25) is 0 Å². The summed E-state index contributed by atoms with van der Waals surface area (Å²) in [7, 11) is 1.70. The van der Waals surface area contributed by atoms with Crippen LogP contribution in [0.25, 0.3) is 5.69 Å². The molecular weight excluding hydrogens is 480 g/mol. The molecule has 1 spiro atoms. The summed E-state index contributed by atoms with van der Waals surface area (Å²) in [6, 6.07) is 24.0. The Labute approximate surface area is 222 Å². The summed E-state index contributed by atoms with van der Waals surface area (Å²) in [5.41, 5.74) is 5.51. The van der Waals surface area contributed by atoms with Crippen LogP contribution in [0.15, 0.2) is 85.1 Å². The molecule has 1 aromatic heterocycles. The molecule has 6 heteroatoms. The summed E-state index contributed by atoms with van der Waals surface area (Å²) < 4.78 is 35.1. The molecule has 2 aliphatic heterocycles. The van der Waals surface area contributed by atoms with E-state index in [1.165, 1.54) is 30.0 Å². The molecule has 0 saturated carbocycles. The van der Waals surface area contributed by atoms with Crippen molar-refractivity contribution in [3.63, 3.8) is 0 Å². The quantitative estimate of drug-likeness (QED) is 0.286. The Kier molecular flexibility index (Phi) is 6.66. The number of fused-ring (bicyclic) bond motifs is 4. The number of piperidine rings is 1. The van der Waals surface area contributed by atoms with Gasteiger partial charge in [-0.1, -0.05) is 24.3 Å². The lowest BCUT2D eigenvalue weighted by atomic mass is 9.83. The topological polar surface area (TPSA) is 29.4 Å². The van der Waals surface area contributed by atoms with Crippen LogP contribution in [0.4, 0.5) is 14.5 Å². The van der Waals surface area contributed by atoms with Crippen LogP contribution in [0.5, 0.6) is 5.75 Å². The maximum atomic E-state index is 13.6. The summed E-state index contributed by atoms with van der Waals surface area (Å²) in [6.45, 7) is 2.95. The van der Waals surface area contributed by atoms with Crippen LogP contribution < -0.4 is 10.1 Å². The van der Waals surface area contributed by atoms with Crippen molar-refractivity contribution in [3.05, 3.63) is 114 Å². The zero-order valence-electron chi connectivity index (χ0n) is 21.7. The van der Waals surface area contributed by atoms with Crippen molar-refractivity contribution >= 4 is 5.69 Å². The van der Waals surface area contributed by atoms with Gasteiger partial charge in [0.05, 0.1) is 24.0 Å². The number of methoxy groups -OCH3 is 1. The minimum Gasteiger partial charge on any atom is -0.497 e. The summed E-state index contributed by atoms with van der Waals surface area (Å²) >= 11 is 0. The Morgan fingerprint density at radius 3 is 2.34 bits per heavy atom. The molecule has 0 amide bonds. The van der Waals surface area contributed by atoms with E-state index < -0.39 is 0 Å². The first-order valence-electron chi connectivity index (χ1n) is 13.4. The third-order valence-electron chi connectivity index (χ3n) is 8.16. The van der Waals surface area contributed by atoms with Gasteiger partial charge in [0, 0.05) is 30.4 Å². The third kappa shape index (κ3) is 4.69. The van der Waals surface area contributed by atoms with Crippen LogP contribution in [-0.4, -0.2) is 36.2 Å². The molecule has 3 aromatic carbocycles. The fraction of sp³-hybridized carbons (Fsp3) is 0.312. The first-order chi connectivity index (χ1) is 18.5. The number of benzene rings is 3. The van der Waals surface area contributed by atoms with Gasteiger partial charge in [0.2, 0.25) is 0 Å². The van der Waals surface area contributed by atoms with E-state index in [1.54, 1.807) is 7.11 Å². The lowest BCUT2D eigenvalue weighted by molar-refractivity contribution is 0.154. The zero-order valence-corrected chi connectivity index (χ0v) is 21.7. The molecular formula is C32H33F2N3O. The van der Waals surface area contributed by atoms with Crippen LogP contribution in [0.2, 0.25) is 0 Å². The first kappa shape index (κ1) is 24.7. The number of hydrogen-bond acceptors (Lipinski definition) is 3. The second-order valence-corrected chi connectivity index (χ2v) is 10.5. The molecule has 4 aromatic rings. The van der Waals surface area contributed by atoms with Crippen LogP contribution in [0.3, 0.4) is 0 Å². The summed E-state index contributed by atoms with van der Waals surface area (Å²) in [5.74, 6) is 0.463. The molecule has 196 valence electrons. The number of halogens is 2. The lowest BCUT2D eigenvalue weighted by Gasteiger charge is -2.47. The molecule has 6 rings (SSSR count). The lowest BCUT2D eigenvalue weighted by Crippen LogP contribution is -2.53. The minimum absolute atomic E-state index is 0.0966. The third-order valence-corrected chi connectivity index (χ3v) is 8.16. The van der Waals surface area contributed by atoms with Crippen molar-refractivity contribution in [2.45, 2.75) is 37.1 Å². The zero-order chi connectivity index (χ0) is 26.1. The van der Waals surface area contributed by atoms with Gasteiger partial charge in [0.25, 0.3) is 0 Å². The Hall–Kier alpha value is -3.64. The van der Waals surface area contributed by atoms with Crippen LogP contribution in [0.1, 0.15) is 48.4 Å². The molecule has 0 aliphatic carbocycles. The van der Waals surface area contributed by atoms with E-state index in [-0.39, 0.29) is 23.1 Å². The molecule has 1 saturated heterocycles. The molecule has 1 N–H and O–H groups in total. The van der Waals surface area contributed by atoms with Gasteiger partial charge >= 0.3 is 0 Å². The molecule has 0 radical (unpaired) electrons. The fourth-order valence-electron chi connectivity index (χ4n) is 6.34. The van der Waals surface area contributed by atoms with Gasteiger partial charge in [0.1, 0.15) is 17.4 Å². The monoisotopic (exact) mass is 513 g/mol. The fourth-order valence-corrected chi connectivity index (χ4v) is 6.34. The van der Waals surface area contributed by atoms with Gasteiger partial charge in [-0.15, -0.1) is 0 Å². The maximum Gasteiger partial charge on any atom is 0.123 e. The highest BCUT2D eigenvalue weighted by atomic mass is 19.1. The van der Waals surface area contributed by atoms with Gasteiger partial charge in [-0.25, -0.2) is 8.78 Å². The Morgan fingerprint density at radius 1 is 0.947 bits per heavy atom. The first-order valence-corrected chi connectivity index (χ1v) is 13.4. The smallest absolute Gasteiger partial charge is 0.123 e. The Morgan fingerprint density at radius 2 is 1.66 bits per heavy atom. The number of likely N-dealkylation sites (tertiary alicyclic amines) is 1. The highest BCUT2D eigenvalue weighted by Gasteiger charge is 2.42. The van der Waals surface area contributed by atoms with Crippen molar-refractivity contribution in [1.82, 2.24) is 9.47 Å². The van der Waals surface area contributed by atoms with Crippen LogP contribution in [0, 0.1) is 11.6 Å². The van der Waals surface area contributed by atoms with E-state index in [4.69, 9.17) is 4.74 Å². The molecule has 0 bridgehead atoms. The summed E-state index contributed by atoms with van der Waals surface area (Å²) in [5, 5.41) is 3.91. The molecule has 4 nitrogen and oxygen atoms in total. The van der Waals surface area contributed by atoms with Gasteiger partial charge in [0.15, 0.2) is 0 Å². The second kappa shape index (κ2) is 10.3. The molecule has 1 fully saturated rings. The van der Waals surface area contributed by atoms with Crippen LogP contribution in [-0.2, 0) is 5.54 Å². The van der Waals surface area contributed by atoms with Gasteiger partial charge in [-0.2, -0.15) is 0 Å². The summed E-state index contributed by atoms with van der Waals surface area (Å²) in [6.07, 6.45) is 6.22. The number of aromatic nitrogens is 1. The Bertz CT molecular complexity index is 1350. The normalized spacial score (nSPS) is 18.7. The number of anilines is 1. The maximum absolute atomic E-state index is 13.6. The highest BCUT2D eigenvalue weighted by molar-refractivity contribution is 5.69. The molecule has 3 heterocycles. The number of rotatable bonds is 7. The van der Waals surface area contributed by atoms with Crippen LogP contribution >= 0.6 is 0 Å². The van der Waals surface area contributed by atoms with E-state index in [0.717, 1.165) is 73.6 Å². The molecule has 38 heavy (non-hydrogen) atoms. The van der Waals surface area contributed by atoms with Gasteiger partial charge < -0.3 is 19.5 Å². The number of hydrogen-bond donors (Lipinski definition) is 1. The van der Waals surface area contributed by atoms with E-state index in [9.17, 15) is 8.78 Å². The van der Waals surface area contributed by atoms with E-state index in [2.05, 4.69) is 45.2 Å². The van der Waals surface area contributed by atoms with Gasteiger partial charge in [-0.05, 0) is 98.4 Å². The minimum atomic E-state index is -0.242. The van der Waals surface area contributed by atoms with E-state index >= 15 is 0 Å². The van der Waals surface area contributed by atoms with Crippen molar-refractivity contribution in [2.24, 2.45) is 0 Å². The van der Waals surface area contributed by atoms with Crippen molar-refractivity contribution in [3.8, 4) is 11.4 Å². The van der Waals surface area contributed by atoms with Crippen molar-refractivity contribution in [1.29, 1.82) is 0 Å². The predicted octanol–water partition coefficient (Wildman–Crippen LogP) is 7.09. The predicted molar refractivity (Wildman–Crippen MR) is 147 cm³/mol. The molecule has 2 aliphatic rings. The average molecular weight is 514 g/mol. The molecule has 1 unspecified atom stereocenters. The summed E-state index contributed by atoms with van der Waals surface area (Å²) in [4.78, 5) is 2.56. The SMILES string of the molecule is COc1ccc2c(c1)NC1(CCCN(CCCC(c3ccc(F)cc3)c3ccc(F)cc3)C1)c1cccn1-2. The Balaban J connectivity index is 1.19. The van der Waals surface area contributed by atoms with E-state index in [1.807, 2.05) is 30.3 Å². The highest BCUT2D eigenvalue weighted by Crippen LogP contribution is 2.43. The van der Waals surface area contributed by atoms with Crippen molar-refractivity contribution < 1.29 is 13.5 Å². The largest absolute Gasteiger partial charge is 0.497 e. The standard InChI is InChI=1S/C32H33F2N3O/c1-38-27-15-16-30-29(21-27)35-32(31-6-3-20-37(30)31)17-4-19-36(22-32)18-2-5-28(23-7-11-25(33)12-8-23)24-9-13-26(34)14-10-24/h3,6-16,20-21,28,35H,2,4-5,17-19,22H2,1H3. The number of nitrogens with one attached hydrogen (secondary N) is 1. The number of ether oxygens (including phenoxy) is 1. The second-order valence-electron chi connectivity index (χ2n) is 10.5. The van der Waals surface area contributed by atoms with E-state index in [0.29, 0.717) is 0 Å². The van der Waals surface area contributed by atoms with Crippen molar-refractivity contribution in [2.75, 3.05) is 32.1 Å². The average Bonchev–Trinajstić information content (AvgIpc) is 3.44. The molecule has 1 atom stereocenters.